The lowest BCUT2D eigenvalue weighted by molar-refractivity contribution is -0.312. The summed E-state index contributed by atoms with van der Waals surface area (Å²) in [5.74, 6) is 1.59. The molecule has 10 fully saturated rings. The van der Waals surface area contributed by atoms with Crippen molar-refractivity contribution in [1.29, 1.82) is 0 Å². The van der Waals surface area contributed by atoms with E-state index in [-0.39, 0.29) is 96.5 Å². The van der Waals surface area contributed by atoms with Crippen molar-refractivity contribution in [3.63, 3.8) is 0 Å². The summed E-state index contributed by atoms with van der Waals surface area (Å²) < 4.78 is 51.4. The van der Waals surface area contributed by atoms with Crippen molar-refractivity contribution in [2.45, 2.75) is 254 Å². The van der Waals surface area contributed by atoms with Crippen LogP contribution < -0.4 is 18.9 Å². The van der Waals surface area contributed by atoms with Crippen LogP contribution in [0.25, 0.3) is 0 Å². The molecule has 2 saturated heterocycles. The van der Waals surface area contributed by atoms with E-state index >= 15 is 0 Å². The van der Waals surface area contributed by atoms with Gasteiger partial charge in [-0.2, -0.15) is 0 Å². The minimum Gasteiger partial charge on any atom is -0.482 e. The first-order valence-corrected chi connectivity index (χ1v) is 34.2. The summed E-state index contributed by atoms with van der Waals surface area (Å²) >= 11 is 0. The van der Waals surface area contributed by atoms with Gasteiger partial charge in [0.1, 0.15) is 23.4 Å². The molecule has 0 amide bonds. The molecule has 16 heteroatoms. The first-order chi connectivity index (χ1) is 41.8. The zero-order chi connectivity index (χ0) is 62.0. The predicted octanol–water partition coefficient (Wildman–Crippen LogP) is 10.4. The van der Waals surface area contributed by atoms with E-state index in [0.717, 1.165) is 102 Å². The molecule has 2 aromatic carbocycles. The zero-order valence-electron chi connectivity index (χ0n) is 54.4. The van der Waals surface area contributed by atoms with Crippen LogP contribution in [-0.4, -0.2) is 144 Å². The van der Waals surface area contributed by atoms with E-state index in [9.17, 15) is 29.4 Å². The van der Waals surface area contributed by atoms with Gasteiger partial charge in [-0.15, -0.1) is 0 Å². The molecule has 0 aromatic heterocycles. The van der Waals surface area contributed by atoms with Gasteiger partial charge in [0.25, 0.3) is 0 Å². The van der Waals surface area contributed by atoms with Gasteiger partial charge in [0, 0.05) is 96.9 Å². The summed E-state index contributed by atoms with van der Waals surface area (Å²) in [7, 11) is 3.60. The maximum atomic E-state index is 13.6. The highest BCUT2D eigenvalue weighted by molar-refractivity contribution is 5.78. The molecule has 2 unspecified atom stereocenters. The van der Waals surface area contributed by atoms with Gasteiger partial charge >= 0.3 is 23.9 Å². The molecule has 16 rings (SSSR count). The number of unbranched alkanes of at least 4 members (excludes halogenated alkanes) is 2. The van der Waals surface area contributed by atoms with E-state index in [1.54, 1.807) is 14.2 Å². The number of hydrogen-bond donors (Lipinski definition) is 2. The molecule has 4 spiro atoms. The zero-order valence-corrected chi connectivity index (χ0v) is 54.4. The molecule has 0 radical (unpaired) electrons. The summed E-state index contributed by atoms with van der Waals surface area (Å²) in [6, 6.07) is 8.80. The number of fused-ring (bicyclic) bond motifs is 4. The van der Waals surface area contributed by atoms with Gasteiger partial charge in [0.05, 0.1) is 37.3 Å². The fourth-order valence-corrected chi connectivity index (χ4v) is 21.1. The highest BCUT2D eigenvalue weighted by Gasteiger charge is 2.84. The topological polar surface area (TPSA) is 189 Å². The second-order valence-electron chi connectivity index (χ2n) is 32.4. The van der Waals surface area contributed by atoms with E-state index in [1.807, 2.05) is 26.0 Å². The van der Waals surface area contributed by atoms with Crippen molar-refractivity contribution >= 4 is 23.9 Å². The molecule has 4 aliphatic heterocycles. The summed E-state index contributed by atoms with van der Waals surface area (Å²) in [6.07, 6.45) is 15.3. The molecule has 14 atom stereocenters. The third-order valence-electron chi connectivity index (χ3n) is 26.7. The maximum absolute atomic E-state index is 13.6. The molecule has 2 N–H and O–H groups in total. The number of carbonyl (C=O) groups is 4. The highest BCUT2D eigenvalue weighted by Crippen LogP contribution is 2.80. The van der Waals surface area contributed by atoms with E-state index in [2.05, 4.69) is 63.5 Å². The van der Waals surface area contributed by atoms with Crippen LogP contribution in [-0.2, 0) is 61.8 Å². The number of piperidine rings is 2. The Morgan fingerprint density at radius 1 is 0.534 bits per heavy atom. The second kappa shape index (κ2) is 21.1. The summed E-state index contributed by atoms with van der Waals surface area (Å²) in [4.78, 5) is 58.3. The fraction of sp³-hybridized carbons (Fsp3) is 0.778. The first-order valence-electron chi connectivity index (χ1n) is 34.2. The van der Waals surface area contributed by atoms with Crippen LogP contribution in [0.4, 0.5) is 0 Å². The van der Waals surface area contributed by atoms with Gasteiger partial charge in [0.2, 0.25) is 0 Å². The lowest BCUT2D eigenvalue weighted by Crippen LogP contribution is -2.83. The third kappa shape index (κ3) is 8.74. The van der Waals surface area contributed by atoms with Gasteiger partial charge < -0.3 is 48.1 Å². The largest absolute Gasteiger partial charge is 0.482 e. The van der Waals surface area contributed by atoms with Crippen LogP contribution in [0, 0.1) is 45.3 Å². The first kappa shape index (κ1) is 61.2. The Hall–Kier alpha value is -4.32. The number of carbonyl (C=O) groups excluding carboxylic acids is 4. The molecule has 8 bridgehead atoms. The number of likely N-dealkylation sites (tertiary alicyclic amines) is 2. The molecule has 88 heavy (non-hydrogen) atoms. The molecule has 14 aliphatic rings. The van der Waals surface area contributed by atoms with Gasteiger partial charge in [-0.25, -0.2) is 0 Å². The SMILES string of the molecule is CO[C@]12CC[C@@]3(C[C@@H]1[C@](C)(O)C(C)(C)C)C1Cc4ccc(OC(=O)CCCCOC(=O)CCC(=O)OCCCCC(=O)Oc5ccc6c7c5O[C@H]5[C@@]8(OC)CC[C@@]9(C[C@@H]8[C@](C)(O)C(C)(C)C)C(C6)N(CC6CC6)CC[C@]759)c5c4[C@@]3(CCN1CC1CC1)[C@H]2O5. The van der Waals surface area contributed by atoms with Crippen molar-refractivity contribution in [2.75, 3.05) is 53.6 Å². The molecule has 8 saturated carbocycles. The van der Waals surface area contributed by atoms with Gasteiger partial charge in [0.15, 0.2) is 23.0 Å². The van der Waals surface area contributed by atoms with Crippen molar-refractivity contribution in [2.24, 2.45) is 45.3 Å². The Balaban J connectivity index is 0.541. The molecule has 10 aliphatic carbocycles. The van der Waals surface area contributed by atoms with Gasteiger partial charge in [-0.3, -0.25) is 29.0 Å². The number of aliphatic hydroxyl groups is 2. The van der Waals surface area contributed by atoms with Crippen molar-refractivity contribution in [1.82, 2.24) is 9.80 Å². The van der Waals surface area contributed by atoms with Crippen LogP contribution in [0.2, 0.25) is 0 Å². The Morgan fingerprint density at radius 3 is 1.30 bits per heavy atom. The Kier molecular flexibility index (Phi) is 14.7. The third-order valence-corrected chi connectivity index (χ3v) is 26.7. The minimum atomic E-state index is -1.04. The number of rotatable bonds is 23. The molecule has 16 nitrogen and oxygen atoms in total. The Bertz CT molecular complexity index is 2930. The Morgan fingerprint density at radius 2 is 0.932 bits per heavy atom. The number of ether oxygens (including phenoxy) is 8. The summed E-state index contributed by atoms with van der Waals surface area (Å²) in [5.41, 5.74) is -0.286. The predicted molar refractivity (Wildman–Crippen MR) is 327 cm³/mol. The second-order valence-corrected chi connectivity index (χ2v) is 32.4. The summed E-state index contributed by atoms with van der Waals surface area (Å²) in [6.45, 7) is 21.2. The van der Waals surface area contributed by atoms with Crippen molar-refractivity contribution in [3.05, 3.63) is 46.5 Å². The van der Waals surface area contributed by atoms with Crippen LogP contribution in [0.5, 0.6) is 23.0 Å². The molecular formula is C72H100N2O14. The van der Waals surface area contributed by atoms with Gasteiger partial charge in [-0.1, -0.05) is 53.7 Å². The monoisotopic (exact) mass is 1220 g/mol. The van der Waals surface area contributed by atoms with Crippen molar-refractivity contribution in [3.8, 4) is 23.0 Å². The number of hydrogen-bond acceptors (Lipinski definition) is 16. The highest BCUT2D eigenvalue weighted by atomic mass is 16.6. The molecular weight excluding hydrogens is 1120 g/mol. The molecule has 482 valence electrons. The smallest absolute Gasteiger partial charge is 0.311 e. The lowest BCUT2D eigenvalue weighted by atomic mass is 9.33. The maximum Gasteiger partial charge on any atom is 0.311 e. The Labute approximate surface area is 521 Å². The van der Waals surface area contributed by atoms with E-state index in [1.165, 1.54) is 47.9 Å². The average Bonchev–Trinajstić information content (AvgIpc) is 1.29. The normalized spacial score (nSPS) is 36.5. The average molecular weight is 1220 g/mol. The van der Waals surface area contributed by atoms with Crippen LogP contribution in [0.3, 0.4) is 0 Å². The van der Waals surface area contributed by atoms with Crippen molar-refractivity contribution < 1.29 is 67.3 Å². The number of esters is 4. The van der Waals surface area contributed by atoms with E-state index in [0.29, 0.717) is 60.8 Å². The van der Waals surface area contributed by atoms with Crippen LogP contribution >= 0.6 is 0 Å². The molecule has 4 heterocycles. The van der Waals surface area contributed by atoms with E-state index < -0.39 is 45.2 Å². The summed E-state index contributed by atoms with van der Waals surface area (Å²) in [5, 5.41) is 25.3. The van der Waals surface area contributed by atoms with E-state index in [4.69, 9.17) is 37.9 Å². The van der Waals surface area contributed by atoms with Crippen LogP contribution in [0.15, 0.2) is 24.3 Å². The molecule has 2 aromatic rings. The number of benzene rings is 2. The number of nitrogens with zero attached hydrogens (tertiary/aromatic N) is 2. The fourth-order valence-electron chi connectivity index (χ4n) is 21.1. The standard InChI is InChI=1S/C72H100N2O14/c1-63(2,3)65(7,79)49-39-67-27-29-71(49,81-9)61-69(67)31-33-73(41-43-17-18-43)51(67)37-45-21-23-47(59(87-61)57(45)69)85-55(77)15-11-13-35-83-53(75)25-26-54(76)84-36-14-12-16-56(78)86-48-24-22-46-38-52-68-28-30-72(82-10,50(40-68)66(8,80)64(4,5)6)62-70(68,58(46)60(48)88-62)32-34-74(52)42-44-19-20-44/h21-24,43-44,49-52,61-62,79-80H,11-20,25-42H2,1-10H3/t49-,50-,51?,52?,61-,62-,65+,66+,67-,68-,69+,70+,71-,72-/m1/s1. The van der Waals surface area contributed by atoms with Gasteiger partial charge in [-0.05, 0) is 188 Å². The lowest BCUT2D eigenvalue weighted by Gasteiger charge is -2.75. The quantitative estimate of drug-likeness (QED) is 0.0607. The minimum absolute atomic E-state index is 0.101. The number of methoxy groups -OCH3 is 2. The van der Waals surface area contributed by atoms with Crippen LogP contribution in [0.1, 0.15) is 206 Å².